The van der Waals surface area contributed by atoms with Crippen molar-refractivity contribution in [3.63, 3.8) is 0 Å². The molecule has 4 heterocycles. The van der Waals surface area contributed by atoms with Crippen molar-refractivity contribution in [2.24, 2.45) is 0 Å². The van der Waals surface area contributed by atoms with E-state index in [0.29, 0.717) is 59.3 Å². The molecule has 31 heavy (non-hydrogen) atoms. The Bertz CT molecular complexity index is 1150. The summed E-state index contributed by atoms with van der Waals surface area (Å²) in [6, 6.07) is 2.99. The normalized spacial score (nSPS) is 23.0. The molecule has 2 aliphatic rings. The second kappa shape index (κ2) is 7.67. The van der Waals surface area contributed by atoms with Gasteiger partial charge in [-0.25, -0.2) is 14.4 Å². The van der Waals surface area contributed by atoms with E-state index in [-0.39, 0.29) is 12.6 Å². The monoisotopic (exact) mass is 447 g/mol. The first-order valence-corrected chi connectivity index (χ1v) is 10.6. The van der Waals surface area contributed by atoms with E-state index < -0.39 is 17.5 Å². The highest BCUT2D eigenvalue weighted by molar-refractivity contribution is 6.33. The van der Waals surface area contributed by atoms with Gasteiger partial charge in [0.25, 0.3) is 0 Å². The minimum atomic E-state index is -0.661. The molecule has 1 saturated heterocycles. The van der Waals surface area contributed by atoms with Gasteiger partial charge < -0.3 is 19.9 Å². The van der Waals surface area contributed by atoms with Crippen molar-refractivity contribution in [2.75, 3.05) is 25.1 Å². The van der Waals surface area contributed by atoms with Gasteiger partial charge in [0.1, 0.15) is 11.1 Å². The third-order valence-corrected chi connectivity index (χ3v) is 6.07. The summed E-state index contributed by atoms with van der Waals surface area (Å²) in [4.78, 5) is 8.75. The number of anilines is 1. The molecule has 8 nitrogen and oxygen atoms in total. The van der Waals surface area contributed by atoms with E-state index in [2.05, 4.69) is 20.4 Å². The number of hydrogen-bond acceptors (Lipinski definition) is 7. The summed E-state index contributed by atoms with van der Waals surface area (Å²) < 4.78 is 28.0. The fraction of sp³-hybridized carbons (Fsp3) is 0.476. The van der Waals surface area contributed by atoms with E-state index in [1.54, 1.807) is 0 Å². The number of aliphatic hydroxyl groups is 1. The Balaban J connectivity index is 1.58. The lowest BCUT2D eigenvalue weighted by molar-refractivity contribution is -0.0520. The van der Waals surface area contributed by atoms with Crippen LogP contribution in [-0.4, -0.2) is 56.8 Å². The summed E-state index contributed by atoms with van der Waals surface area (Å²) in [5.74, 6) is -0.138. The molecule has 0 radical (unpaired) electrons. The summed E-state index contributed by atoms with van der Waals surface area (Å²) in [5, 5.41) is 18.7. The Kier molecular flexibility index (Phi) is 5.09. The molecule has 5 rings (SSSR count). The van der Waals surface area contributed by atoms with Crippen molar-refractivity contribution < 1.29 is 19.0 Å². The fourth-order valence-electron chi connectivity index (χ4n) is 4.28. The second-order valence-corrected chi connectivity index (χ2v) is 8.76. The Morgan fingerprint density at radius 2 is 2.16 bits per heavy atom. The van der Waals surface area contributed by atoms with E-state index in [1.165, 1.54) is 12.3 Å². The molecule has 1 aromatic carbocycles. The van der Waals surface area contributed by atoms with Crippen molar-refractivity contribution in [3.05, 3.63) is 34.9 Å². The van der Waals surface area contributed by atoms with Crippen molar-refractivity contribution in [3.8, 4) is 11.3 Å². The number of nitrogens with zero attached hydrogens (tertiary/aromatic N) is 4. The van der Waals surface area contributed by atoms with Crippen LogP contribution in [0.1, 0.15) is 26.0 Å². The summed E-state index contributed by atoms with van der Waals surface area (Å²) in [6.07, 6.45) is 1.44. The lowest BCUT2D eigenvalue weighted by Crippen LogP contribution is -2.42. The van der Waals surface area contributed by atoms with Crippen LogP contribution in [0.3, 0.4) is 0 Å². The zero-order valence-electron chi connectivity index (χ0n) is 17.2. The minimum absolute atomic E-state index is 0.234. The highest BCUT2D eigenvalue weighted by Crippen LogP contribution is 2.38. The maximum Gasteiger partial charge on any atom is 0.223 e. The lowest BCUT2D eigenvalue weighted by atomic mass is 9.97. The van der Waals surface area contributed by atoms with Gasteiger partial charge in [0.15, 0.2) is 5.82 Å². The SMILES string of the molecule is CC1(C)OCCn2nc3c(F)cc(-c4nc(N[C@@H]5CCOC[C@H]5O)ncc4Cl)cc3c21. The Morgan fingerprint density at radius 1 is 1.32 bits per heavy atom. The first-order chi connectivity index (χ1) is 14.8. The quantitative estimate of drug-likeness (QED) is 0.637. The molecule has 0 unspecified atom stereocenters. The van der Waals surface area contributed by atoms with Crippen molar-refractivity contribution in [1.29, 1.82) is 0 Å². The summed E-state index contributed by atoms with van der Waals surface area (Å²) in [7, 11) is 0. The van der Waals surface area contributed by atoms with Gasteiger partial charge in [-0.05, 0) is 32.4 Å². The van der Waals surface area contributed by atoms with Gasteiger partial charge in [-0.2, -0.15) is 5.10 Å². The molecule has 3 aromatic rings. The van der Waals surface area contributed by atoms with E-state index in [0.717, 1.165) is 5.69 Å². The number of fused-ring (bicyclic) bond motifs is 3. The maximum absolute atomic E-state index is 15.1. The average molecular weight is 448 g/mol. The van der Waals surface area contributed by atoms with E-state index >= 15 is 4.39 Å². The van der Waals surface area contributed by atoms with Crippen LogP contribution in [0.2, 0.25) is 5.02 Å². The van der Waals surface area contributed by atoms with Crippen LogP contribution in [0.15, 0.2) is 18.3 Å². The van der Waals surface area contributed by atoms with Crippen molar-refractivity contribution in [2.45, 2.75) is 44.6 Å². The number of halogens is 2. The highest BCUT2D eigenvalue weighted by Gasteiger charge is 2.33. The molecule has 10 heteroatoms. The van der Waals surface area contributed by atoms with Crippen LogP contribution >= 0.6 is 11.6 Å². The van der Waals surface area contributed by atoms with Gasteiger partial charge in [-0.15, -0.1) is 0 Å². The van der Waals surface area contributed by atoms with Gasteiger partial charge in [-0.1, -0.05) is 11.6 Å². The van der Waals surface area contributed by atoms with Crippen LogP contribution in [-0.2, 0) is 21.6 Å². The van der Waals surface area contributed by atoms with Crippen molar-refractivity contribution in [1.82, 2.24) is 19.7 Å². The minimum Gasteiger partial charge on any atom is -0.389 e. The fourth-order valence-corrected chi connectivity index (χ4v) is 4.48. The highest BCUT2D eigenvalue weighted by atomic mass is 35.5. The molecule has 0 spiro atoms. The largest absolute Gasteiger partial charge is 0.389 e. The molecular weight excluding hydrogens is 425 g/mol. The lowest BCUT2D eigenvalue weighted by Gasteiger charge is -2.31. The van der Waals surface area contributed by atoms with E-state index in [1.807, 2.05) is 24.6 Å². The predicted molar refractivity (Wildman–Crippen MR) is 114 cm³/mol. The number of aromatic nitrogens is 4. The van der Waals surface area contributed by atoms with E-state index in [4.69, 9.17) is 21.1 Å². The number of aliphatic hydroxyl groups excluding tert-OH is 1. The summed E-state index contributed by atoms with van der Waals surface area (Å²) in [5.41, 5.74) is 1.44. The number of nitrogens with one attached hydrogen (secondary N) is 1. The topological polar surface area (TPSA) is 94.3 Å². The standard InChI is InChI=1S/C21H23ClFN5O3/c1-21(2)19-12-7-11(8-14(23)18(12)27-28(19)4-6-31-21)17-13(22)9-24-20(26-17)25-15-3-5-30-10-16(15)29/h7-9,15-16,29H,3-6,10H2,1-2H3,(H,24,25,26)/t15-,16-/m1/s1. The van der Waals surface area contributed by atoms with E-state index in [9.17, 15) is 5.11 Å². The molecule has 0 aliphatic carbocycles. The number of rotatable bonds is 3. The third kappa shape index (κ3) is 3.65. The number of ether oxygens (including phenoxy) is 2. The van der Waals surface area contributed by atoms with Crippen LogP contribution in [0, 0.1) is 5.82 Å². The molecule has 0 saturated carbocycles. The van der Waals surface area contributed by atoms with Crippen LogP contribution in [0.4, 0.5) is 10.3 Å². The smallest absolute Gasteiger partial charge is 0.223 e. The molecule has 2 atom stereocenters. The molecule has 2 N–H and O–H groups in total. The number of hydrogen-bond donors (Lipinski definition) is 2. The van der Waals surface area contributed by atoms with Crippen LogP contribution in [0.25, 0.3) is 22.2 Å². The average Bonchev–Trinajstić information content (AvgIpc) is 3.11. The van der Waals surface area contributed by atoms with Crippen molar-refractivity contribution >= 4 is 28.5 Å². The third-order valence-electron chi connectivity index (χ3n) is 5.79. The van der Waals surface area contributed by atoms with Gasteiger partial charge in [-0.3, -0.25) is 4.68 Å². The zero-order chi connectivity index (χ0) is 21.8. The summed E-state index contributed by atoms with van der Waals surface area (Å²) in [6.45, 7) is 5.78. The number of benzene rings is 1. The van der Waals surface area contributed by atoms with Gasteiger partial charge in [0.2, 0.25) is 5.95 Å². The first kappa shape index (κ1) is 20.6. The molecule has 1 fully saturated rings. The first-order valence-electron chi connectivity index (χ1n) is 10.2. The van der Waals surface area contributed by atoms with Crippen LogP contribution < -0.4 is 5.32 Å². The molecular formula is C21H23ClFN5O3. The molecule has 0 amide bonds. The Labute approximate surface area is 183 Å². The molecule has 2 aromatic heterocycles. The van der Waals surface area contributed by atoms with Gasteiger partial charge in [0.05, 0.1) is 54.5 Å². The van der Waals surface area contributed by atoms with Gasteiger partial charge in [0, 0.05) is 17.6 Å². The van der Waals surface area contributed by atoms with Crippen LogP contribution in [0.5, 0.6) is 0 Å². The van der Waals surface area contributed by atoms with Gasteiger partial charge >= 0.3 is 0 Å². The summed E-state index contributed by atoms with van der Waals surface area (Å²) >= 11 is 6.39. The maximum atomic E-state index is 15.1. The second-order valence-electron chi connectivity index (χ2n) is 8.36. The predicted octanol–water partition coefficient (Wildman–Crippen LogP) is 3.11. The zero-order valence-corrected chi connectivity index (χ0v) is 18.0. The molecule has 0 bridgehead atoms. The molecule has 164 valence electrons. The molecule has 2 aliphatic heterocycles. The Hall–Kier alpha value is -2.33. The Morgan fingerprint density at radius 3 is 2.97 bits per heavy atom.